The van der Waals surface area contributed by atoms with Crippen LogP contribution in [0, 0.1) is 0 Å². The van der Waals surface area contributed by atoms with E-state index in [4.69, 9.17) is 0 Å². The minimum absolute atomic E-state index is 0.481. The molecule has 0 bridgehead atoms. The van der Waals surface area contributed by atoms with Crippen molar-refractivity contribution in [2.45, 2.75) is 5.41 Å². The standard InChI is InChI=1S/C57H39N/c1-4-19-40(20-5-1)55-49-29-10-12-31-51(49)56(52-32-13-11-30-50(52)55)41-35-37-45(38-36-41)58(44-24-8-3-9-25-44)46-26-18-23-43(39-46)57(42-21-6-2-7-22-42)53-33-16-14-27-47(53)48-28-15-17-34-54(48)57/h1-39H. The first-order valence-electron chi connectivity index (χ1n) is 20.1. The molecule has 0 aliphatic heterocycles. The highest BCUT2D eigenvalue weighted by Gasteiger charge is 2.46. The fourth-order valence-corrected chi connectivity index (χ4v) is 9.75. The average Bonchev–Trinajstić information content (AvgIpc) is 3.61. The number of benzene rings is 10. The van der Waals surface area contributed by atoms with Crippen molar-refractivity contribution in [2.75, 3.05) is 4.90 Å². The molecule has 0 aromatic heterocycles. The van der Waals surface area contributed by atoms with Crippen LogP contribution in [0.3, 0.4) is 0 Å². The summed E-state index contributed by atoms with van der Waals surface area (Å²) in [6.45, 7) is 0. The van der Waals surface area contributed by atoms with Gasteiger partial charge in [-0.15, -0.1) is 0 Å². The zero-order valence-corrected chi connectivity index (χ0v) is 32.0. The lowest BCUT2D eigenvalue weighted by molar-refractivity contribution is 0.768. The van der Waals surface area contributed by atoms with E-state index in [-0.39, 0.29) is 0 Å². The van der Waals surface area contributed by atoms with Crippen LogP contribution in [0.5, 0.6) is 0 Å². The Morgan fingerprint density at radius 1 is 0.276 bits per heavy atom. The number of hydrogen-bond donors (Lipinski definition) is 0. The maximum Gasteiger partial charge on any atom is 0.0714 e. The van der Waals surface area contributed by atoms with Crippen molar-refractivity contribution in [1.29, 1.82) is 0 Å². The van der Waals surface area contributed by atoms with Gasteiger partial charge in [0.05, 0.1) is 5.41 Å². The van der Waals surface area contributed by atoms with Crippen molar-refractivity contribution in [3.05, 3.63) is 259 Å². The van der Waals surface area contributed by atoms with E-state index in [1.54, 1.807) is 0 Å². The monoisotopic (exact) mass is 737 g/mol. The highest BCUT2D eigenvalue weighted by atomic mass is 15.1. The third-order valence-corrected chi connectivity index (χ3v) is 12.1. The lowest BCUT2D eigenvalue weighted by atomic mass is 9.67. The van der Waals surface area contributed by atoms with E-state index in [1.807, 2.05) is 0 Å². The fourth-order valence-electron chi connectivity index (χ4n) is 9.75. The van der Waals surface area contributed by atoms with Gasteiger partial charge in [-0.1, -0.05) is 200 Å². The summed E-state index contributed by atoms with van der Waals surface area (Å²) < 4.78 is 0. The molecule has 0 unspecified atom stereocenters. The summed E-state index contributed by atoms with van der Waals surface area (Å²) in [4.78, 5) is 2.40. The molecule has 1 heteroatoms. The van der Waals surface area contributed by atoms with Crippen molar-refractivity contribution < 1.29 is 0 Å². The van der Waals surface area contributed by atoms with Crippen LogP contribution in [-0.2, 0) is 5.41 Å². The van der Waals surface area contributed by atoms with Crippen LogP contribution >= 0.6 is 0 Å². The summed E-state index contributed by atoms with van der Waals surface area (Å²) in [7, 11) is 0. The third kappa shape index (κ3) is 5.25. The van der Waals surface area contributed by atoms with E-state index in [1.165, 1.54) is 77.2 Å². The smallest absolute Gasteiger partial charge is 0.0714 e. The summed E-state index contributed by atoms with van der Waals surface area (Å²) in [6.07, 6.45) is 0. The van der Waals surface area contributed by atoms with Gasteiger partial charge in [-0.3, -0.25) is 0 Å². The molecular weight excluding hydrogens is 699 g/mol. The Hall–Kier alpha value is -7.48. The largest absolute Gasteiger partial charge is 0.310 e. The number of rotatable bonds is 7. The Balaban J connectivity index is 1.09. The van der Waals surface area contributed by atoms with Crippen molar-refractivity contribution >= 4 is 38.6 Å². The number of fused-ring (bicyclic) bond motifs is 5. The second kappa shape index (κ2) is 13.9. The molecular formula is C57H39N. The molecule has 0 heterocycles. The van der Waals surface area contributed by atoms with Crippen molar-refractivity contribution in [1.82, 2.24) is 0 Å². The highest BCUT2D eigenvalue weighted by molar-refractivity contribution is 6.21. The molecule has 11 rings (SSSR count). The minimum Gasteiger partial charge on any atom is -0.310 e. The first-order chi connectivity index (χ1) is 28.8. The first-order valence-corrected chi connectivity index (χ1v) is 20.1. The molecule has 1 aliphatic carbocycles. The number of anilines is 3. The molecule has 0 fully saturated rings. The zero-order valence-electron chi connectivity index (χ0n) is 32.0. The van der Waals surface area contributed by atoms with E-state index < -0.39 is 5.41 Å². The zero-order chi connectivity index (χ0) is 38.5. The number of nitrogens with zero attached hydrogens (tertiary/aromatic N) is 1. The molecule has 1 aliphatic rings. The molecule has 0 amide bonds. The van der Waals surface area contributed by atoms with Gasteiger partial charge in [0.1, 0.15) is 0 Å². The summed E-state index contributed by atoms with van der Waals surface area (Å²) in [6, 6.07) is 86.6. The second-order valence-electron chi connectivity index (χ2n) is 15.2. The predicted octanol–water partition coefficient (Wildman–Crippen LogP) is 15.2. The van der Waals surface area contributed by atoms with Crippen molar-refractivity contribution in [2.24, 2.45) is 0 Å². The van der Waals surface area contributed by atoms with E-state index >= 15 is 0 Å². The summed E-state index contributed by atoms with van der Waals surface area (Å²) in [5, 5.41) is 5.03. The molecule has 0 saturated carbocycles. The molecule has 0 radical (unpaired) electrons. The van der Waals surface area contributed by atoms with Crippen LogP contribution in [0.2, 0.25) is 0 Å². The van der Waals surface area contributed by atoms with E-state index in [9.17, 15) is 0 Å². The van der Waals surface area contributed by atoms with Crippen LogP contribution in [-0.4, -0.2) is 0 Å². The molecule has 10 aromatic carbocycles. The van der Waals surface area contributed by atoms with Gasteiger partial charge in [0.2, 0.25) is 0 Å². The Morgan fingerprint density at radius 2 is 0.672 bits per heavy atom. The van der Waals surface area contributed by atoms with Gasteiger partial charge in [-0.2, -0.15) is 0 Å². The van der Waals surface area contributed by atoms with E-state index in [2.05, 4.69) is 241 Å². The number of hydrogen-bond acceptors (Lipinski definition) is 1. The van der Waals surface area contributed by atoms with Crippen molar-refractivity contribution in [3.63, 3.8) is 0 Å². The SMILES string of the molecule is c1ccc(-c2c3ccccc3c(-c3ccc(N(c4ccccc4)c4cccc(C5(c6ccccc6)c6ccccc6-c6ccccc65)c4)cc3)c3ccccc23)cc1. The number of para-hydroxylation sites is 1. The summed E-state index contributed by atoms with van der Waals surface area (Å²) >= 11 is 0. The van der Waals surface area contributed by atoms with Crippen LogP contribution in [0.1, 0.15) is 22.3 Å². The fraction of sp³-hybridized carbons (Fsp3) is 0.0175. The highest BCUT2D eigenvalue weighted by Crippen LogP contribution is 2.56. The lowest BCUT2D eigenvalue weighted by Crippen LogP contribution is -2.28. The maximum absolute atomic E-state index is 2.41. The van der Waals surface area contributed by atoms with Gasteiger partial charge in [0.15, 0.2) is 0 Å². The molecule has 10 aromatic rings. The second-order valence-corrected chi connectivity index (χ2v) is 15.2. The van der Waals surface area contributed by atoms with E-state index in [0.717, 1.165) is 17.1 Å². The van der Waals surface area contributed by atoms with Gasteiger partial charge in [0.25, 0.3) is 0 Å². The Kier molecular flexibility index (Phi) is 8.12. The Bertz CT molecular complexity index is 2990. The third-order valence-electron chi connectivity index (χ3n) is 12.1. The van der Waals surface area contributed by atoms with Gasteiger partial charge >= 0.3 is 0 Å². The van der Waals surface area contributed by atoms with E-state index in [0.29, 0.717) is 0 Å². The Labute approximate surface area is 339 Å². The van der Waals surface area contributed by atoms with Gasteiger partial charge in [-0.05, 0) is 114 Å². The van der Waals surface area contributed by atoms with Crippen LogP contribution < -0.4 is 4.90 Å². The molecule has 58 heavy (non-hydrogen) atoms. The molecule has 272 valence electrons. The van der Waals surface area contributed by atoms with Crippen LogP contribution in [0.15, 0.2) is 237 Å². The quantitative estimate of drug-likeness (QED) is 0.147. The topological polar surface area (TPSA) is 3.24 Å². The predicted molar refractivity (Wildman–Crippen MR) is 244 cm³/mol. The minimum atomic E-state index is -0.481. The van der Waals surface area contributed by atoms with Crippen LogP contribution in [0.4, 0.5) is 17.1 Å². The Morgan fingerprint density at radius 3 is 1.22 bits per heavy atom. The molecule has 0 spiro atoms. The van der Waals surface area contributed by atoms with Crippen molar-refractivity contribution in [3.8, 4) is 33.4 Å². The summed E-state index contributed by atoms with van der Waals surface area (Å²) in [5.74, 6) is 0. The average molecular weight is 738 g/mol. The summed E-state index contributed by atoms with van der Waals surface area (Å²) in [5.41, 5.74) is 15.5. The molecule has 0 atom stereocenters. The van der Waals surface area contributed by atoms with Gasteiger partial charge in [-0.25, -0.2) is 0 Å². The van der Waals surface area contributed by atoms with Gasteiger partial charge < -0.3 is 4.90 Å². The normalized spacial score (nSPS) is 12.6. The molecule has 0 saturated heterocycles. The van der Waals surface area contributed by atoms with Gasteiger partial charge in [0, 0.05) is 17.1 Å². The molecule has 0 N–H and O–H groups in total. The lowest BCUT2D eigenvalue weighted by Gasteiger charge is -2.35. The molecule has 1 nitrogen and oxygen atoms in total. The first kappa shape index (κ1) is 33.8. The maximum atomic E-state index is 2.41. The van der Waals surface area contributed by atoms with Crippen LogP contribution in [0.25, 0.3) is 54.9 Å².